The molecule has 0 aromatic carbocycles. The SMILES string of the molecule is CC(C)(C)OC(=O)N1CCC2(COC2)C1C(=O)O. The Morgan fingerprint density at radius 1 is 1.39 bits per heavy atom. The molecule has 1 atom stereocenters. The molecule has 1 spiro atoms. The highest BCUT2D eigenvalue weighted by Gasteiger charge is 2.58. The van der Waals surface area contributed by atoms with Gasteiger partial charge in [-0.2, -0.15) is 0 Å². The lowest BCUT2D eigenvalue weighted by atomic mass is 9.78. The van der Waals surface area contributed by atoms with Gasteiger partial charge in [-0.25, -0.2) is 9.59 Å². The van der Waals surface area contributed by atoms with Crippen molar-refractivity contribution >= 4 is 12.1 Å². The van der Waals surface area contributed by atoms with Crippen LogP contribution < -0.4 is 0 Å². The van der Waals surface area contributed by atoms with Gasteiger partial charge < -0.3 is 14.6 Å². The molecule has 6 nitrogen and oxygen atoms in total. The second-order valence-electron chi connectivity index (χ2n) is 6.02. The number of carboxylic acids is 1. The number of hydrogen-bond acceptors (Lipinski definition) is 4. The number of carbonyl (C=O) groups excluding carboxylic acids is 1. The van der Waals surface area contributed by atoms with Crippen LogP contribution in [0, 0.1) is 5.41 Å². The molecule has 102 valence electrons. The van der Waals surface area contributed by atoms with Gasteiger partial charge in [-0.05, 0) is 27.2 Å². The molecule has 2 saturated heterocycles. The van der Waals surface area contributed by atoms with Gasteiger partial charge in [0.1, 0.15) is 11.6 Å². The third kappa shape index (κ3) is 2.16. The van der Waals surface area contributed by atoms with Gasteiger partial charge in [-0.3, -0.25) is 4.90 Å². The number of aliphatic carboxylic acids is 1. The minimum Gasteiger partial charge on any atom is -0.480 e. The topological polar surface area (TPSA) is 76.1 Å². The highest BCUT2D eigenvalue weighted by atomic mass is 16.6. The van der Waals surface area contributed by atoms with E-state index in [1.807, 2.05) is 0 Å². The van der Waals surface area contributed by atoms with Gasteiger partial charge in [0.15, 0.2) is 0 Å². The van der Waals surface area contributed by atoms with Crippen LogP contribution in [0.25, 0.3) is 0 Å². The summed E-state index contributed by atoms with van der Waals surface area (Å²) in [6.07, 6.45) is 0.0992. The minimum atomic E-state index is -0.985. The zero-order valence-corrected chi connectivity index (χ0v) is 10.9. The van der Waals surface area contributed by atoms with Gasteiger partial charge in [-0.15, -0.1) is 0 Å². The molecule has 0 aromatic heterocycles. The quantitative estimate of drug-likeness (QED) is 0.761. The van der Waals surface area contributed by atoms with Gasteiger partial charge in [0.2, 0.25) is 0 Å². The molecular weight excluding hydrogens is 238 g/mol. The third-order valence-electron chi connectivity index (χ3n) is 3.38. The van der Waals surface area contributed by atoms with Crippen LogP contribution in [-0.4, -0.2) is 53.5 Å². The van der Waals surface area contributed by atoms with Gasteiger partial charge in [-0.1, -0.05) is 0 Å². The maximum absolute atomic E-state index is 12.0. The van der Waals surface area contributed by atoms with Crippen LogP contribution in [0.4, 0.5) is 4.79 Å². The van der Waals surface area contributed by atoms with Crippen LogP contribution in [0.5, 0.6) is 0 Å². The van der Waals surface area contributed by atoms with E-state index in [9.17, 15) is 14.7 Å². The van der Waals surface area contributed by atoms with E-state index in [-0.39, 0.29) is 0 Å². The zero-order valence-electron chi connectivity index (χ0n) is 10.9. The number of carboxylic acid groups (broad SMARTS) is 1. The van der Waals surface area contributed by atoms with E-state index in [1.54, 1.807) is 20.8 Å². The highest BCUT2D eigenvalue weighted by molar-refractivity contribution is 5.82. The summed E-state index contributed by atoms with van der Waals surface area (Å²) in [5, 5.41) is 9.33. The Bertz CT molecular complexity index is 369. The van der Waals surface area contributed by atoms with Crippen LogP contribution in [0.15, 0.2) is 0 Å². The second-order valence-corrected chi connectivity index (χ2v) is 6.02. The first-order chi connectivity index (χ1) is 8.25. The Morgan fingerprint density at radius 2 is 2.00 bits per heavy atom. The lowest BCUT2D eigenvalue weighted by molar-refractivity contribution is -0.165. The third-order valence-corrected chi connectivity index (χ3v) is 3.38. The lowest BCUT2D eigenvalue weighted by Gasteiger charge is -2.42. The molecule has 1 N–H and O–H groups in total. The van der Waals surface area contributed by atoms with Crippen molar-refractivity contribution < 1.29 is 24.2 Å². The minimum absolute atomic E-state index is 0.406. The van der Waals surface area contributed by atoms with Crippen molar-refractivity contribution in [3.63, 3.8) is 0 Å². The molecule has 0 aliphatic carbocycles. The number of amides is 1. The summed E-state index contributed by atoms with van der Waals surface area (Å²) >= 11 is 0. The first kappa shape index (κ1) is 13.1. The molecule has 0 radical (unpaired) electrons. The molecule has 18 heavy (non-hydrogen) atoms. The van der Waals surface area contributed by atoms with Crippen LogP contribution in [0.2, 0.25) is 0 Å². The molecule has 2 rings (SSSR count). The van der Waals surface area contributed by atoms with Crippen molar-refractivity contribution in [2.75, 3.05) is 19.8 Å². The molecule has 0 bridgehead atoms. The Kier molecular flexibility index (Phi) is 3.01. The number of hydrogen-bond donors (Lipinski definition) is 1. The van der Waals surface area contributed by atoms with Gasteiger partial charge in [0.05, 0.1) is 18.6 Å². The van der Waals surface area contributed by atoms with E-state index in [4.69, 9.17) is 9.47 Å². The van der Waals surface area contributed by atoms with Gasteiger partial charge in [0, 0.05) is 6.54 Å². The van der Waals surface area contributed by atoms with E-state index in [0.29, 0.717) is 26.2 Å². The van der Waals surface area contributed by atoms with Crippen molar-refractivity contribution in [3.05, 3.63) is 0 Å². The van der Waals surface area contributed by atoms with Crippen molar-refractivity contribution in [2.45, 2.75) is 38.8 Å². The maximum Gasteiger partial charge on any atom is 0.411 e. The number of nitrogens with zero attached hydrogens (tertiary/aromatic N) is 1. The summed E-state index contributed by atoms with van der Waals surface area (Å²) in [6, 6.07) is -0.832. The molecule has 2 heterocycles. The molecule has 6 heteroatoms. The summed E-state index contributed by atoms with van der Waals surface area (Å²) in [5.74, 6) is -0.985. The summed E-state index contributed by atoms with van der Waals surface area (Å²) < 4.78 is 10.4. The Morgan fingerprint density at radius 3 is 2.39 bits per heavy atom. The number of ether oxygens (including phenoxy) is 2. The monoisotopic (exact) mass is 257 g/mol. The predicted molar refractivity (Wildman–Crippen MR) is 62.2 cm³/mol. The van der Waals surface area contributed by atoms with Crippen LogP contribution in [0.3, 0.4) is 0 Å². The standard InChI is InChI=1S/C12H19NO5/c1-11(2,3)18-10(16)13-5-4-12(6-17-7-12)8(13)9(14)15/h8H,4-7H2,1-3H3,(H,14,15). The van der Waals surface area contributed by atoms with E-state index in [0.717, 1.165) is 0 Å². The fraction of sp³-hybridized carbons (Fsp3) is 0.833. The van der Waals surface area contributed by atoms with E-state index >= 15 is 0 Å². The Labute approximate surface area is 106 Å². The fourth-order valence-electron chi connectivity index (χ4n) is 2.52. The molecule has 2 aliphatic heterocycles. The Balaban J connectivity index is 2.13. The van der Waals surface area contributed by atoms with E-state index < -0.39 is 29.1 Å². The average molecular weight is 257 g/mol. The summed E-state index contributed by atoms with van der Waals surface area (Å²) in [4.78, 5) is 24.7. The number of likely N-dealkylation sites (tertiary alicyclic amines) is 1. The zero-order chi connectivity index (χ0) is 13.6. The normalized spacial score (nSPS) is 25.9. The average Bonchev–Trinajstić information content (AvgIpc) is 2.53. The van der Waals surface area contributed by atoms with Crippen molar-refractivity contribution in [1.29, 1.82) is 0 Å². The largest absolute Gasteiger partial charge is 0.480 e. The first-order valence-corrected chi connectivity index (χ1v) is 6.05. The molecule has 1 unspecified atom stereocenters. The van der Waals surface area contributed by atoms with Crippen molar-refractivity contribution in [1.82, 2.24) is 4.90 Å². The smallest absolute Gasteiger partial charge is 0.411 e. The lowest BCUT2D eigenvalue weighted by Crippen LogP contribution is -2.57. The number of carbonyl (C=O) groups is 2. The van der Waals surface area contributed by atoms with E-state index in [2.05, 4.69) is 0 Å². The van der Waals surface area contributed by atoms with Crippen LogP contribution in [0.1, 0.15) is 27.2 Å². The van der Waals surface area contributed by atoms with Gasteiger partial charge in [0.25, 0.3) is 0 Å². The number of rotatable bonds is 1. The molecule has 2 aliphatic rings. The van der Waals surface area contributed by atoms with E-state index in [1.165, 1.54) is 4.90 Å². The van der Waals surface area contributed by atoms with Crippen molar-refractivity contribution in [2.24, 2.45) is 5.41 Å². The Hall–Kier alpha value is -1.30. The molecule has 1 amide bonds. The highest BCUT2D eigenvalue weighted by Crippen LogP contribution is 2.43. The summed E-state index contributed by atoms with van der Waals surface area (Å²) in [5.41, 5.74) is -1.03. The fourth-order valence-corrected chi connectivity index (χ4v) is 2.52. The molecular formula is C12H19NO5. The van der Waals surface area contributed by atoms with Crippen molar-refractivity contribution in [3.8, 4) is 0 Å². The summed E-state index contributed by atoms with van der Waals surface area (Å²) in [7, 11) is 0. The maximum atomic E-state index is 12.0. The van der Waals surface area contributed by atoms with Crippen LogP contribution in [-0.2, 0) is 14.3 Å². The second kappa shape index (κ2) is 4.12. The summed E-state index contributed by atoms with van der Waals surface area (Å²) in [6.45, 7) is 6.51. The molecule has 0 saturated carbocycles. The van der Waals surface area contributed by atoms with Crippen LogP contribution >= 0.6 is 0 Å². The van der Waals surface area contributed by atoms with Gasteiger partial charge >= 0.3 is 12.1 Å². The first-order valence-electron chi connectivity index (χ1n) is 6.05. The molecule has 2 fully saturated rings. The molecule has 0 aromatic rings. The predicted octanol–water partition coefficient (Wildman–Crippen LogP) is 1.10.